The molecular weight excluding hydrogens is 280 g/mol. The van der Waals surface area contributed by atoms with Crippen molar-refractivity contribution in [2.24, 2.45) is 0 Å². The summed E-state index contributed by atoms with van der Waals surface area (Å²) in [6.45, 7) is 0.0394. The molecule has 2 aromatic carbocycles. The number of fused-ring (bicyclic) bond motifs is 1. The number of benzene rings is 2. The Bertz CT molecular complexity index is 822. The van der Waals surface area contributed by atoms with Crippen LogP contribution >= 0.6 is 11.8 Å². The molecule has 21 heavy (non-hydrogen) atoms. The van der Waals surface area contributed by atoms with Crippen molar-refractivity contribution in [1.82, 2.24) is 4.98 Å². The van der Waals surface area contributed by atoms with E-state index >= 15 is 0 Å². The smallest absolute Gasteiger partial charge is 0.103 e. The number of nitrogens with zero attached hydrogens (tertiary/aromatic N) is 2. The molecule has 102 valence electrons. The number of pyridine rings is 1. The first-order chi connectivity index (χ1) is 10.3. The summed E-state index contributed by atoms with van der Waals surface area (Å²) in [4.78, 5) is 5.61. The van der Waals surface area contributed by atoms with Crippen LogP contribution in [0.15, 0.2) is 64.5 Å². The van der Waals surface area contributed by atoms with E-state index in [-0.39, 0.29) is 6.61 Å². The Morgan fingerprint density at radius 3 is 2.57 bits per heavy atom. The van der Waals surface area contributed by atoms with Crippen molar-refractivity contribution in [1.29, 1.82) is 5.26 Å². The molecule has 0 spiro atoms. The fourth-order valence-corrected chi connectivity index (χ4v) is 2.91. The molecule has 0 aliphatic rings. The third-order valence-electron chi connectivity index (χ3n) is 3.14. The van der Waals surface area contributed by atoms with Gasteiger partial charge in [-0.05, 0) is 29.8 Å². The number of aromatic nitrogens is 1. The van der Waals surface area contributed by atoms with Crippen LogP contribution in [0.5, 0.6) is 0 Å². The molecule has 4 heteroatoms. The number of rotatable bonds is 3. The topological polar surface area (TPSA) is 56.9 Å². The summed E-state index contributed by atoms with van der Waals surface area (Å²) in [5, 5.41) is 20.0. The summed E-state index contributed by atoms with van der Waals surface area (Å²) >= 11 is 1.51. The number of hydrogen-bond acceptors (Lipinski definition) is 4. The maximum Gasteiger partial charge on any atom is 0.103 e. The highest BCUT2D eigenvalue weighted by Gasteiger charge is 2.06. The van der Waals surface area contributed by atoms with Crippen molar-refractivity contribution in [3.63, 3.8) is 0 Å². The lowest BCUT2D eigenvalue weighted by molar-refractivity contribution is 0.282. The van der Waals surface area contributed by atoms with Crippen LogP contribution in [0.2, 0.25) is 0 Å². The summed E-state index contributed by atoms with van der Waals surface area (Å²) in [6, 6.07) is 19.3. The monoisotopic (exact) mass is 292 g/mol. The highest BCUT2D eigenvalue weighted by molar-refractivity contribution is 7.99. The van der Waals surface area contributed by atoms with Crippen molar-refractivity contribution in [2.45, 2.75) is 16.5 Å². The summed E-state index contributed by atoms with van der Waals surface area (Å²) in [7, 11) is 0. The summed E-state index contributed by atoms with van der Waals surface area (Å²) in [6.07, 6.45) is 0. The van der Waals surface area contributed by atoms with Gasteiger partial charge in [-0.3, -0.25) is 0 Å². The van der Waals surface area contributed by atoms with Gasteiger partial charge >= 0.3 is 0 Å². The van der Waals surface area contributed by atoms with Gasteiger partial charge in [0.2, 0.25) is 0 Å². The molecule has 0 aliphatic heterocycles. The van der Waals surface area contributed by atoms with Crippen molar-refractivity contribution in [3.05, 3.63) is 65.7 Å². The van der Waals surface area contributed by atoms with Crippen LogP contribution in [0.1, 0.15) is 11.1 Å². The highest BCUT2D eigenvalue weighted by Crippen LogP contribution is 2.29. The van der Waals surface area contributed by atoms with Gasteiger partial charge in [-0.2, -0.15) is 5.26 Å². The minimum absolute atomic E-state index is 0.0394. The number of hydrogen-bond donors (Lipinski definition) is 1. The molecule has 0 unspecified atom stereocenters. The van der Waals surface area contributed by atoms with E-state index in [2.05, 4.69) is 11.1 Å². The zero-order valence-electron chi connectivity index (χ0n) is 11.2. The summed E-state index contributed by atoms with van der Waals surface area (Å²) in [5.41, 5.74) is 2.34. The van der Waals surface area contributed by atoms with Crippen LogP contribution in [0.4, 0.5) is 0 Å². The number of aliphatic hydroxyl groups excluding tert-OH is 1. The van der Waals surface area contributed by atoms with Crippen LogP contribution in [-0.4, -0.2) is 10.1 Å². The van der Waals surface area contributed by atoms with Gasteiger partial charge in [0.1, 0.15) is 5.03 Å². The second-order valence-corrected chi connectivity index (χ2v) is 5.63. The number of nitriles is 1. The predicted octanol–water partition coefficient (Wildman–Crippen LogP) is 3.75. The van der Waals surface area contributed by atoms with Crippen molar-refractivity contribution >= 4 is 22.7 Å². The summed E-state index contributed by atoms with van der Waals surface area (Å²) < 4.78 is 0. The van der Waals surface area contributed by atoms with Gasteiger partial charge in [-0.25, -0.2) is 4.98 Å². The van der Waals surface area contributed by atoms with E-state index < -0.39 is 0 Å². The van der Waals surface area contributed by atoms with Gasteiger partial charge in [0, 0.05) is 10.3 Å². The Labute approximate surface area is 126 Å². The lowest BCUT2D eigenvalue weighted by Gasteiger charge is -2.05. The molecule has 0 bridgehead atoms. The Balaban J connectivity index is 1.98. The standard InChI is InChI=1S/C17H12N2OS/c18-10-13-9-17(19-16-4-2-1-3-15(13)16)21-14-7-5-12(11-20)6-8-14/h1-9,20H,11H2. The van der Waals surface area contributed by atoms with Gasteiger partial charge in [-0.15, -0.1) is 0 Å². The third-order valence-corrected chi connectivity index (χ3v) is 4.07. The molecule has 0 atom stereocenters. The second-order valence-electron chi connectivity index (χ2n) is 4.54. The largest absolute Gasteiger partial charge is 0.392 e. The molecule has 1 heterocycles. The minimum atomic E-state index is 0.0394. The van der Waals surface area contributed by atoms with E-state index in [0.717, 1.165) is 26.4 Å². The molecule has 0 radical (unpaired) electrons. The molecule has 0 fully saturated rings. The fourth-order valence-electron chi connectivity index (χ4n) is 2.08. The van der Waals surface area contributed by atoms with E-state index in [1.165, 1.54) is 11.8 Å². The van der Waals surface area contributed by atoms with E-state index in [0.29, 0.717) is 5.56 Å². The van der Waals surface area contributed by atoms with Crippen molar-refractivity contribution < 1.29 is 5.11 Å². The van der Waals surface area contributed by atoms with Crippen molar-refractivity contribution in [2.75, 3.05) is 0 Å². The quantitative estimate of drug-likeness (QED) is 0.798. The van der Waals surface area contributed by atoms with E-state index in [1.807, 2.05) is 54.6 Å². The maximum absolute atomic E-state index is 9.28. The zero-order chi connectivity index (χ0) is 14.7. The molecule has 0 saturated carbocycles. The van der Waals surface area contributed by atoms with Gasteiger partial charge in [0.25, 0.3) is 0 Å². The molecular formula is C17H12N2OS. The molecule has 0 aliphatic carbocycles. The molecule has 3 nitrogen and oxygen atoms in total. The summed E-state index contributed by atoms with van der Waals surface area (Å²) in [5.74, 6) is 0. The second kappa shape index (κ2) is 5.96. The highest BCUT2D eigenvalue weighted by atomic mass is 32.2. The van der Waals surface area contributed by atoms with Crippen LogP contribution in [0.25, 0.3) is 10.9 Å². The lowest BCUT2D eigenvalue weighted by Crippen LogP contribution is -1.88. The van der Waals surface area contributed by atoms with Gasteiger partial charge in [0.15, 0.2) is 0 Å². The first-order valence-corrected chi connectivity index (χ1v) is 7.29. The van der Waals surface area contributed by atoms with E-state index in [1.54, 1.807) is 0 Å². The number of para-hydroxylation sites is 1. The Morgan fingerprint density at radius 2 is 1.86 bits per heavy atom. The van der Waals surface area contributed by atoms with Crippen molar-refractivity contribution in [3.8, 4) is 6.07 Å². The normalized spacial score (nSPS) is 10.5. The van der Waals surface area contributed by atoms with Gasteiger partial charge in [-0.1, -0.05) is 42.1 Å². The van der Waals surface area contributed by atoms with Crippen LogP contribution < -0.4 is 0 Å². The van der Waals surface area contributed by atoms with Crippen LogP contribution in [0.3, 0.4) is 0 Å². The average Bonchev–Trinajstić information content (AvgIpc) is 2.55. The molecule has 1 N–H and O–H groups in total. The van der Waals surface area contributed by atoms with Crippen LogP contribution in [-0.2, 0) is 6.61 Å². The molecule has 0 saturated heterocycles. The first kappa shape index (κ1) is 13.6. The zero-order valence-corrected chi connectivity index (χ0v) is 12.0. The fraction of sp³-hybridized carbons (Fsp3) is 0.0588. The Morgan fingerprint density at radius 1 is 1.10 bits per heavy atom. The lowest BCUT2D eigenvalue weighted by atomic mass is 10.1. The third kappa shape index (κ3) is 2.89. The first-order valence-electron chi connectivity index (χ1n) is 6.47. The SMILES string of the molecule is N#Cc1cc(Sc2ccc(CO)cc2)nc2ccccc12. The molecule has 1 aromatic heterocycles. The number of aliphatic hydroxyl groups is 1. The van der Waals surface area contributed by atoms with E-state index in [4.69, 9.17) is 5.11 Å². The van der Waals surface area contributed by atoms with E-state index in [9.17, 15) is 5.26 Å². The maximum atomic E-state index is 9.28. The van der Waals surface area contributed by atoms with Crippen LogP contribution in [0, 0.1) is 11.3 Å². The van der Waals surface area contributed by atoms with Gasteiger partial charge < -0.3 is 5.11 Å². The Hall–Kier alpha value is -2.35. The molecule has 0 amide bonds. The van der Waals surface area contributed by atoms with Gasteiger partial charge in [0.05, 0.1) is 23.8 Å². The Kier molecular flexibility index (Phi) is 3.87. The molecule has 3 aromatic rings. The minimum Gasteiger partial charge on any atom is -0.392 e. The average molecular weight is 292 g/mol. The predicted molar refractivity (Wildman–Crippen MR) is 82.9 cm³/mol. The molecule has 3 rings (SSSR count).